The lowest BCUT2D eigenvalue weighted by atomic mass is 9.80. The smallest absolute Gasteiger partial charge is 0.166 e. The lowest BCUT2D eigenvalue weighted by Crippen LogP contribution is -2.17. The number of rotatable bonds is 6. The molecule has 5 aromatic rings. The first kappa shape index (κ1) is 26.6. The van der Waals surface area contributed by atoms with Crippen LogP contribution in [0.5, 0.6) is 23.0 Å². The Morgan fingerprint density at radius 2 is 0.500 bits per heavy atom. The monoisotopic (exact) mass is 546 g/mol. The number of phenols is 4. The van der Waals surface area contributed by atoms with Crippen LogP contribution in [-0.2, 0) is 0 Å². The molecule has 0 radical (unpaired) electrons. The second kappa shape index (κ2) is 10.6. The maximum absolute atomic E-state index is 16.0. The zero-order valence-corrected chi connectivity index (χ0v) is 20.7. The molecule has 0 amide bonds. The van der Waals surface area contributed by atoms with Gasteiger partial charge in [-0.25, -0.2) is 17.6 Å². The van der Waals surface area contributed by atoms with E-state index < -0.39 is 46.2 Å². The normalized spacial score (nSPS) is 11.3. The fourth-order valence-electron chi connectivity index (χ4n) is 4.89. The fourth-order valence-corrected chi connectivity index (χ4v) is 4.89. The van der Waals surface area contributed by atoms with Crippen LogP contribution < -0.4 is 0 Å². The predicted octanol–water partition coefficient (Wildman–Crippen LogP) is 7.43. The van der Waals surface area contributed by atoms with Crippen LogP contribution in [0.2, 0.25) is 0 Å². The number of hydrogen-bond donors (Lipinski definition) is 4. The lowest BCUT2D eigenvalue weighted by molar-refractivity contribution is 0.422. The molecule has 8 heteroatoms. The number of aromatic hydroxyl groups is 4. The van der Waals surface area contributed by atoms with Gasteiger partial charge in [0.05, 0.1) is 0 Å². The molecule has 5 rings (SSSR count). The Balaban J connectivity index is 1.77. The molecule has 0 atom stereocenters. The van der Waals surface area contributed by atoms with Gasteiger partial charge in [-0.3, -0.25) is 0 Å². The summed E-state index contributed by atoms with van der Waals surface area (Å²) in [5, 5.41) is 38.9. The van der Waals surface area contributed by atoms with Gasteiger partial charge in [0, 0.05) is 23.0 Å². The lowest BCUT2D eigenvalue weighted by Gasteiger charge is -2.25. The van der Waals surface area contributed by atoms with Crippen molar-refractivity contribution in [1.29, 1.82) is 0 Å². The van der Waals surface area contributed by atoms with Crippen molar-refractivity contribution in [3.63, 3.8) is 0 Å². The first-order valence-corrected chi connectivity index (χ1v) is 12.2. The van der Waals surface area contributed by atoms with E-state index in [4.69, 9.17) is 0 Å². The van der Waals surface area contributed by atoms with Crippen molar-refractivity contribution in [1.82, 2.24) is 0 Å². The highest BCUT2D eigenvalue weighted by atomic mass is 19.2. The average molecular weight is 547 g/mol. The van der Waals surface area contributed by atoms with Crippen molar-refractivity contribution in [2.24, 2.45) is 0 Å². The zero-order chi connectivity index (χ0) is 28.6. The van der Waals surface area contributed by atoms with Crippen LogP contribution >= 0.6 is 0 Å². The van der Waals surface area contributed by atoms with E-state index in [1.807, 2.05) is 0 Å². The van der Waals surface area contributed by atoms with E-state index in [9.17, 15) is 20.4 Å². The Kier molecular flexibility index (Phi) is 7.09. The molecule has 4 N–H and O–H groups in total. The van der Waals surface area contributed by atoms with Crippen LogP contribution in [0.4, 0.5) is 17.6 Å². The molecule has 0 aliphatic rings. The second-order valence-corrected chi connectivity index (χ2v) is 9.32. The van der Waals surface area contributed by atoms with Gasteiger partial charge in [0.1, 0.15) is 23.0 Å². The summed E-state index contributed by atoms with van der Waals surface area (Å²) in [6.07, 6.45) is 0. The number of hydrogen-bond acceptors (Lipinski definition) is 4. The summed E-state index contributed by atoms with van der Waals surface area (Å²) in [6.45, 7) is 0. The molecular formula is C32H22F4O4. The Morgan fingerprint density at radius 3 is 0.675 bits per heavy atom. The average Bonchev–Trinajstić information content (AvgIpc) is 2.95. The van der Waals surface area contributed by atoms with Crippen LogP contribution in [0.15, 0.2) is 97.1 Å². The third-order valence-electron chi connectivity index (χ3n) is 6.81. The molecule has 0 saturated carbocycles. The van der Waals surface area contributed by atoms with Gasteiger partial charge in [-0.05, 0) is 70.8 Å². The maximum atomic E-state index is 16.0. The summed E-state index contributed by atoms with van der Waals surface area (Å²) in [7, 11) is 0. The second-order valence-electron chi connectivity index (χ2n) is 9.32. The van der Waals surface area contributed by atoms with E-state index in [2.05, 4.69) is 0 Å². The summed E-state index contributed by atoms with van der Waals surface area (Å²) in [4.78, 5) is 0. The summed E-state index contributed by atoms with van der Waals surface area (Å²) >= 11 is 0. The Hall–Kier alpha value is -4.98. The highest BCUT2D eigenvalue weighted by Gasteiger charge is 2.35. The third-order valence-corrected chi connectivity index (χ3v) is 6.81. The Labute approximate surface area is 226 Å². The van der Waals surface area contributed by atoms with E-state index in [-0.39, 0.29) is 45.3 Å². The van der Waals surface area contributed by atoms with E-state index >= 15 is 17.6 Å². The van der Waals surface area contributed by atoms with Gasteiger partial charge in [0.15, 0.2) is 23.3 Å². The molecule has 0 unspecified atom stereocenters. The van der Waals surface area contributed by atoms with Crippen LogP contribution in [0, 0.1) is 23.3 Å². The van der Waals surface area contributed by atoms with Gasteiger partial charge in [0.25, 0.3) is 0 Å². The molecule has 0 aromatic heterocycles. The summed E-state index contributed by atoms with van der Waals surface area (Å²) in [6, 6.07) is 21.3. The number of benzene rings is 5. The molecule has 0 saturated heterocycles. The molecule has 0 spiro atoms. The van der Waals surface area contributed by atoms with E-state index in [1.165, 1.54) is 97.1 Å². The van der Waals surface area contributed by atoms with Crippen molar-refractivity contribution in [2.75, 3.05) is 0 Å². The van der Waals surface area contributed by atoms with Crippen LogP contribution in [-0.4, -0.2) is 20.4 Å². The molecule has 0 bridgehead atoms. The molecular weight excluding hydrogens is 524 g/mol. The maximum Gasteiger partial charge on any atom is 0.166 e. The first-order valence-electron chi connectivity index (χ1n) is 12.2. The standard InChI is InChI=1S/C32H22F4O4/c33-29-27(25(17-1-9-21(37)10-2-17)18-3-11-22(38)12-4-18)30(34)32(36)28(31(29)35)26(19-5-13-23(39)14-6-19)20-7-15-24(40)16-8-20/h1-16,25-26,37-40H. The van der Waals surface area contributed by atoms with Crippen molar-refractivity contribution >= 4 is 0 Å². The zero-order valence-electron chi connectivity index (χ0n) is 20.7. The van der Waals surface area contributed by atoms with Gasteiger partial charge >= 0.3 is 0 Å². The third kappa shape index (κ3) is 4.91. The molecule has 5 aromatic carbocycles. The van der Waals surface area contributed by atoms with Gasteiger partial charge in [-0.2, -0.15) is 0 Å². The molecule has 202 valence electrons. The molecule has 40 heavy (non-hydrogen) atoms. The fraction of sp³-hybridized carbons (Fsp3) is 0.0625. The SMILES string of the molecule is Oc1ccc(C(c2ccc(O)cc2)c2c(F)c(F)c(C(c3ccc(O)cc3)c3ccc(O)cc3)c(F)c2F)cc1. The summed E-state index contributed by atoms with van der Waals surface area (Å²) < 4.78 is 64.2. The van der Waals surface area contributed by atoms with Crippen molar-refractivity contribution < 1.29 is 38.0 Å². The van der Waals surface area contributed by atoms with Crippen molar-refractivity contribution in [2.45, 2.75) is 11.8 Å². The predicted molar refractivity (Wildman–Crippen MR) is 141 cm³/mol. The minimum Gasteiger partial charge on any atom is -0.508 e. The van der Waals surface area contributed by atoms with E-state index in [0.717, 1.165) is 0 Å². The largest absolute Gasteiger partial charge is 0.508 e. The summed E-state index contributed by atoms with van der Waals surface area (Å²) in [5.74, 6) is -9.57. The highest BCUT2D eigenvalue weighted by Crippen LogP contribution is 2.43. The molecule has 0 aliphatic heterocycles. The molecule has 0 heterocycles. The molecule has 4 nitrogen and oxygen atoms in total. The Bertz CT molecular complexity index is 1400. The quantitative estimate of drug-likeness (QED) is 0.101. The highest BCUT2D eigenvalue weighted by molar-refractivity contribution is 5.52. The van der Waals surface area contributed by atoms with Crippen LogP contribution in [0.3, 0.4) is 0 Å². The molecule has 0 aliphatic carbocycles. The van der Waals surface area contributed by atoms with E-state index in [0.29, 0.717) is 0 Å². The van der Waals surface area contributed by atoms with Gasteiger partial charge in [-0.15, -0.1) is 0 Å². The Morgan fingerprint density at radius 1 is 0.325 bits per heavy atom. The first-order chi connectivity index (χ1) is 19.2. The van der Waals surface area contributed by atoms with Gasteiger partial charge in [-0.1, -0.05) is 48.5 Å². The minimum absolute atomic E-state index is 0.118. The topological polar surface area (TPSA) is 80.9 Å². The summed E-state index contributed by atoms with van der Waals surface area (Å²) in [5.41, 5.74) is -0.818. The number of halogens is 4. The minimum atomic E-state index is -1.61. The van der Waals surface area contributed by atoms with Crippen LogP contribution in [0.25, 0.3) is 0 Å². The van der Waals surface area contributed by atoms with Gasteiger partial charge in [0.2, 0.25) is 0 Å². The number of phenolic OH excluding ortho intramolecular Hbond substituents is 4. The van der Waals surface area contributed by atoms with Crippen LogP contribution in [0.1, 0.15) is 45.2 Å². The van der Waals surface area contributed by atoms with Crippen molar-refractivity contribution in [3.8, 4) is 23.0 Å². The molecule has 0 fully saturated rings. The van der Waals surface area contributed by atoms with E-state index in [1.54, 1.807) is 0 Å². The van der Waals surface area contributed by atoms with Gasteiger partial charge < -0.3 is 20.4 Å². The van der Waals surface area contributed by atoms with Crippen molar-refractivity contribution in [3.05, 3.63) is 154 Å².